The van der Waals surface area contributed by atoms with Crippen LogP contribution in [0.3, 0.4) is 0 Å². The molecule has 2 rings (SSSR count). The van der Waals surface area contributed by atoms with Gasteiger partial charge in [-0.3, -0.25) is 14.4 Å². The van der Waals surface area contributed by atoms with Crippen molar-refractivity contribution in [3.63, 3.8) is 0 Å². The molecule has 0 aliphatic carbocycles. The third kappa shape index (κ3) is 6.33. The van der Waals surface area contributed by atoms with Crippen molar-refractivity contribution in [2.45, 2.75) is 13.0 Å². The molecule has 0 radical (unpaired) electrons. The average molecular weight is 458 g/mol. The number of benzene rings is 2. The lowest BCUT2D eigenvalue weighted by Gasteiger charge is -2.14. The van der Waals surface area contributed by atoms with Crippen LogP contribution in [0.25, 0.3) is 0 Å². The standard InChI is InChI=1S/C18H15BrClFN2O4/c1-10(17(25)23-15-6-5-13(20)8-14(15)21)27-16(24)9-22-18(26)11-3-2-4-12(19)7-11/h2-8,10H,9H2,1H3,(H,22,26)(H,23,25). The second-order valence-corrected chi connectivity index (χ2v) is 6.79. The van der Waals surface area contributed by atoms with E-state index in [-0.39, 0.29) is 10.7 Å². The Kier molecular flexibility index (Phi) is 7.32. The van der Waals surface area contributed by atoms with Crippen LogP contribution < -0.4 is 10.6 Å². The molecule has 6 nitrogen and oxygen atoms in total. The number of esters is 1. The summed E-state index contributed by atoms with van der Waals surface area (Å²) in [6.45, 7) is 0.912. The zero-order valence-electron chi connectivity index (χ0n) is 14.1. The summed E-state index contributed by atoms with van der Waals surface area (Å²) < 4.78 is 19.3. The van der Waals surface area contributed by atoms with Crippen LogP contribution in [0.15, 0.2) is 46.9 Å². The monoisotopic (exact) mass is 456 g/mol. The van der Waals surface area contributed by atoms with Crippen LogP contribution in [0.2, 0.25) is 5.02 Å². The molecule has 2 amide bonds. The van der Waals surface area contributed by atoms with Gasteiger partial charge in [-0.15, -0.1) is 0 Å². The highest BCUT2D eigenvalue weighted by Crippen LogP contribution is 2.19. The Morgan fingerprint density at radius 1 is 1.22 bits per heavy atom. The lowest BCUT2D eigenvalue weighted by Crippen LogP contribution is -2.36. The van der Waals surface area contributed by atoms with Gasteiger partial charge in [-0.1, -0.05) is 33.6 Å². The van der Waals surface area contributed by atoms with Gasteiger partial charge in [-0.05, 0) is 43.3 Å². The first-order chi connectivity index (χ1) is 12.8. The van der Waals surface area contributed by atoms with Crippen LogP contribution >= 0.6 is 27.5 Å². The number of carbonyl (C=O) groups excluding carboxylic acids is 3. The number of carbonyl (C=O) groups is 3. The molecule has 27 heavy (non-hydrogen) atoms. The van der Waals surface area contributed by atoms with Gasteiger partial charge < -0.3 is 15.4 Å². The van der Waals surface area contributed by atoms with E-state index in [1.54, 1.807) is 24.3 Å². The summed E-state index contributed by atoms with van der Waals surface area (Å²) in [5.41, 5.74) is 0.274. The maximum Gasteiger partial charge on any atom is 0.326 e. The van der Waals surface area contributed by atoms with E-state index in [1.807, 2.05) is 0 Å². The highest BCUT2D eigenvalue weighted by Gasteiger charge is 2.19. The highest BCUT2D eigenvalue weighted by atomic mass is 79.9. The van der Waals surface area contributed by atoms with Crippen molar-refractivity contribution in [2.24, 2.45) is 0 Å². The number of nitrogens with one attached hydrogen (secondary N) is 2. The van der Waals surface area contributed by atoms with Gasteiger partial charge >= 0.3 is 5.97 Å². The SMILES string of the molecule is CC(OC(=O)CNC(=O)c1cccc(Br)c1)C(=O)Nc1ccc(Cl)cc1F. The molecule has 9 heteroatoms. The predicted molar refractivity (Wildman–Crippen MR) is 102 cm³/mol. The van der Waals surface area contributed by atoms with Crippen molar-refractivity contribution in [2.75, 3.05) is 11.9 Å². The minimum Gasteiger partial charge on any atom is -0.451 e. The van der Waals surface area contributed by atoms with Crippen LogP contribution in [-0.2, 0) is 14.3 Å². The molecule has 0 bridgehead atoms. The van der Waals surface area contributed by atoms with Gasteiger partial charge in [0.25, 0.3) is 11.8 Å². The largest absolute Gasteiger partial charge is 0.451 e. The summed E-state index contributed by atoms with van der Waals surface area (Å²) in [6, 6.07) is 10.4. The zero-order chi connectivity index (χ0) is 20.0. The molecule has 0 saturated heterocycles. The summed E-state index contributed by atoms with van der Waals surface area (Å²) in [5, 5.41) is 4.88. The fraction of sp³-hybridized carbons (Fsp3) is 0.167. The van der Waals surface area contributed by atoms with E-state index < -0.39 is 36.2 Å². The van der Waals surface area contributed by atoms with E-state index in [9.17, 15) is 18.8 Å². The molecule has 2 aromatic rings. The molecule has 0 aromatic heterocycles. The molecule has 0 saturated carbocycles. The number of hydrogen-bond acceptors (Lipinski definition) is 4. The van der Waals surface area contributed by atoms with Crippen LogP contribution in [0.1, 0.15) is 17.3 Å². The lowest BCUT2D eigenvalue weighted by atomic mass is 10.2. The topological polar surface area (TPSA) is 84.5 Å². The Morgan fingerprint density at radius 3 is 2.63 bits per heavy atom. The lowest BCUT2D eigenvalue weighted by molar-refractivity contribution is -0.152. The maximum absolute atomic E-state index is 13.7. The molecule has 142 valence electrons. The Morgan fingerprint density at radius 2 is 1.96 bits per heavy atom. The Labute approximate surface area is 168 Å². The average Bonchev–Trinajstić information content (AvgIpc) is 2.61. The van der Waals surface area contributed by atoms with E-state index in [0.717, 1.165) is 10.5 Å². The van der Waals surface area contributed by atoms with Gasteiger partial charge in [0.2, 0.25) is 0 Å². The van der Waals surface area contributed by atoms with Gasteiger partial charge in [0, 0.05) is 15.1 Å². The van der Waals surface area contributed by atoms with E-state index in [0.29, 0.717) is 5.56 Å². The Bertz CT molecular complexity index is 878. The Hall–Kier alpha value is -2.45. The summed E-state index contributed by atoms with van der Waals surface area (Å²) in [5.74, 6) is -2.70. The maximum atomic E-state index is 13.7. The molecule has 2 N–H and O–H groups in total. The van der Waals surface area contributed by atoms with E-state index in [2.05, 4.69) is 26.6 Å². The summed E-state index contributed by atoms with van der Waals surface area (Å²) in [7, 11) is 0. The molecule has 0 heterocycles. The third-order valence-corrected chi connectivity index (χ3v) is 4.07. The second kappa shape index (κ2) is 9.48. The van der Waals surface area contributed by atoms with Crippen LogP contribution in [0.5, 0.6) is 0 Å². The van der Waals surface area contributed by atoms with Crippen LogP contribution in [-0.4, -0.2) is 30.4 Å². The number of hydrogen-bond donors (Lipinski definition) is 2. The molecule has 1 unspecified atom stereocenters. The first-order valence-corrected chi connectivity index (χ1v) is 8.92. The smallest absolute Gasteiger partial charge is 0.326 e. The fourth-order valence-electron chi connectivity index (χ4n) is 2.00. The first-order valence-electron chi connectivity index (χ1n) is 7.75. The Balaban J connectivity index is 1.83. The molecule has 2 aromatic carbocycles. The van der Waals surface area contributed by atoms with Gasteiger partial charge in [0.1, 0.15) is 12.4 Å². The third-order valence-electron chi connectivity index (χ3n) is 3.35. The first kappa shape index (κ1) is 20.9. The highest BCUT2D eigenvalue weighted by molar-refractivity contribution is 9.10. The molecule has 0 aliphatic heterocycles. The quantitative estimate of drug-likeness (QED) is 0.650. The van der Waals surface area contributed by atoms with Crippen molar-refractivity contribution in [3.05, 3.63) is 63.3 Å². The number of anilines is 1. The van der Waals surface area contributed by atoms with E-state index >= 15 is 0 Å². The molecule has 0 aliphatic rings. The predicted octanol–water partition coefficient (Wildman–Crippen LogP) is 3.54. The summed E-state index contributed by atoms with van der Waals surface area (Å²) in [4.78, 5) is 35.8. The number of rotatable bonds is 6. The van der Waals surface area contributed by atoms with Crippen LogP contribution in [0.4, 0.5) is 10.1 Å². The molecule has 1 atom stereocenters. The number of ether oxygens (including phenoxy) is 1. The molecule has 0 spiro atoms. The molecular formula is C18H15BrClFN2O4. The summed E-state index contributed by atoms with van der Waals surface area (Å²) >= 11 is 8.88. The molecular weight excluding hydrogens is 443 g/mol. The van der Waals surface area contributed by atoms with Crippen molar-refractivity contribution in [3.8, 4) is 0 Å². The van der Waals surface area contributed by atoms with Crippen molar-refractivity contribution < 1.29 is 23.5 Å². The normalized spacial score (nSPS) is 11.4. The zero-order valence-corrected chi connectivity index (χ0v) is 16.4. The number of amides is 2. The van der Waals surface area contributed by atoms with E-state index in [4.69, 9.17) is 16.3 Å². The number of halogens is 3. The minimum atomic E-state index is -1.18. The van der Waals surface area contributed by atoms with Gasteiger partial charge in [0.05, 0.1) is 5.69 Å². The van der Waals surface area contributed by atoms with Crippen molar-refractivity contribution in [1.82, 2.24) is 5.32 Å². The fourth-order valence-corrected chi connectivity index (χ4v) is 2.56. The van der Waals surface area contributed by atoms with Gasteiger partial charge in [-0.2, -0.15) is 0 Å². The summed E-state index contributed by atoms with van der Waals surface area (Å²) in [6.07, 6.45) is -1.18. The van der Waals surface area contributed by atoms with Crippen molar-refractivity contribution >= 4 is 51.0 Å². The van der Waals surface area contributed by atoms with Gasteiger partial charge in [-0.25, -0.2) is 4.39 Å². The molecule has 0 fully saturated rings. The second-order valence-electron chi connectivity index (χ2n) is 5.44. The van der Waals surface area contributed by atoms with Gasteiger partial charge in [0.15, 0.2) is 6.10 Å². The van der Waals surface area contributed by atoms with Crippen LogP contribution in [0, 0.1) is 5.82 Å². The van der Waals surface area contributed by atoms with E-state index in [1.165, 1.54) is 19.1 Å². The van der Waals surface area contributed by atoms with Crippen molar-refractivity contribution in [1.29, 1.82) is 0 Å². The minimum absolute atomic E-state index is 0.0877.